The zero-order valence-electron chi connectivity index (χ0n) is 10.9. The molecule has 2 unspecified atom stereocenters. The van der Waals surface area contributed by atoms with Gasteiger partial charge in [0.1, 0.15) is 5.75 Å². The van der Waals surface area contributed by atoms with Gasteiger partial charge < -0.3 is 15.2 Å². The topological polar surface area (TPSA) is 44.5 Å². The lowest BCUT2D eigenvalue weighted by molar-refractivity contribution is -0.00175. The van der Waals surface area contributed by atoms with Crippen molar-refractivity contribution < 1.29 is 9.47 Å². The van der Waals surface area contributed by atoms with Crippen LogP contribution in [-0.2, 0) is 4.74 Å². The highest BCUT2D eigenvalue weighted by Gasteiger charge is 2.37. The molecule has 2 N–H and O–H groups in total. The number of rotatable bonds is 4. The van der Waals surface area contributed by atoms with Gasteiger partial charge in [-0.25, -0.2) is 0 Å². The van der Waals surface area contributed by atoms with Crippen LogP contribution in [0.2, 0.25) is 0 Å². The third kappa shape index (κ3) is 2.38. The summed E-state index contributed by atoms with van der Waals surface area (Å²) in [5, 5.41) is 0. The maximum Gasteiger partial charge on any atom is 0.119 e. The quantitative estimate of drug-likeness (QED) is 0.889. The van der Waals surface area contributed by atoms with E-state index < -0.39 is 0 Å². The lowest BCUT2D eigenvalue weighted by Crippen LogP contribution is -2.37. The van der Waals surface area contributed by atoms with E-state index in [-0.39, 0.29) is 11.6 Å². The van der Waals surface area contributed by atoms with E-state index in [1.807, 2.05) is 12.1 Å². The van der Waals surface area contributed by atoms with Crippen LogP contribution in [0.15, 0.2) is 24.3 Å². The van der Waals surface area contributed by atoms with Gasteiger partial charge in [-0.2, -0.15) is 0 Å². The molecule has 3 nitrogen and oxygen atoms in total. The monoisotopic (exact) mass is 247 g/mol. The van der Waals surface area contributed by atoms with Crippen LogP contribution >= 0.6 is 0 Å². The fourth-order valence-electron chi connectivity index (χ4n) is 2.53. The zero-order chi connectivity index (χ0) is 12.6. The number of hydrogen-bond acceptors (Lipinski definition) is 3. The maximum atomic E-state index is 6.33. The van der Waals surface area contributed by atoms with E-state index in [4.69, 9.17) is 15.2 Å². The fourth-order valence-corrected chi connectivity index (χ4v) is 2.53. The molecule has 0 spiro atoms. The minimum absolute atomic E-state index is 0.0602. The van der Waals surface area contributed by atoms with Crippen molar-refractivity contribution in [3.05, 3.63) is 29.8 Å². The Labute approximate surface area is 108 Å². The van der Waals surface area contributed by atoms with Crippen LogP contribution in [0.25, 0.3) is 0 Å². The Balaban J connectivity index is 1.70. The minimum Gasteiger partial charge on any atom is -0.490 e. The summed E-state index contributed by atoms with van der Waals surface area (Å²) < 4.78 is 11.5. The van der Waals surface area contributed by atoms with Crippen molar-refractivity contribution in [2.24, 2.45) is 5.73 Å². The summed E-state index contributed by atoms with van der Waals surface area (Å²) >= 11 is 0. The second kappa shape index (κ2) is 4.56. The molecule has 0 bridgehead atoms. The van der Waals surface area contributed by atoms with E-state index in [2.05, 4.69) is 19.1 Å². The Kier molecular flexibility index (Phi) is 3.04. The number of benzene rings is 1. The van der Waals surface area contributed by atoms with Gasteiger partial charge in [0.2, 0.25) is 0 Å². The van der Waals surface area contributed by atoms with Crippen LogP contribution in [0.3, 0.4) is 0 Å². The molecule has 1 heterocycles. The predicted octanol–water partition coefficient (Wildman–Crippen LogP) is 2.80. The molecule has 3 heteroatoms. The average molecular weight is 247 g/mol. The first-order valence-corrected chi connectivity index (χ1v) is 6.83. The Morgan fingerprint density at radius 2 is 2.06 bits per heavy atom. The van der Waals surface area contributed by atoms with Crippen LogP contribution < -0.4 is 10.5 Å². The lowest BCUT2D eigenvalue weighted by Gasteiger charge is -2.30. The van der Waals surface area contributed by atoms with Gasteiger partial charge in [0, 0.05) is 6.61 Å². The first-order chi connectivity index (χ1) is 8.67. The molecule has 1 saturated heterocycles. The van der Waals surface area contributed by atoms with E-state index in [0.717, 1.165) is 30.8 Å². The van der Waals surface area contributed by atoms with Crippen LogP contribution in [0, 0.1) is 0 Å². The third-order valence-corrected chi connectivity index (χ3v) is 3.97. The zero-order valence-corrected chi connectivity index (χ0v) is 10.9. The van der Waals surface area contributed by atoms with E-state index in [1.165, 1.54) is 12.8 Å². The Bertz CT molecular complexity index is 405. The molecule has 0 amide bonds. The highest BCUT2D eigenvalue weighted by atomic mass is 16.5. The second-order valence-corrected chi connectivity index (χ2v) is 5.63. The minimum atomic E-state index is -0.209. The van der Waals surface area contributed by atoms with Gasteiger partial charge in [-0.3, -0.25) is 0 Å². The largest absolute Gasteiger partial charge is 0.490 e. The van der Waals surface area contributed by atoms with E-state index >= 15 is 0 Å². The summed E-state index contributed by atoms with van der Waals surface area (Å²) in [6, 6.07) is 8.11. The molecule has 2 fully saturated rings. The van der Waals surface area contributed by atoms with Crippen molar-refractivity contribution in [1.29, 1.82) is 0 Å². The highest BCUT2D eigenvalue weighted by Crippen LogP contribution is 2.36. The normalized spacial score (nSPS) is 29.2. The maximum absolute atomic E-state index is 6.33. The van der Waals surface area contributed by atoms with Crippen molar-refractivity contribution in [2.75, 3.05) is 6.61 Å². The van der Waals surface area contributed by atoms with E-state index in [0.29, 0.717) is 6.10 Å². The van der Waals surface area contributed by atoms with Crippen molar-refractivity contribution in [3.63, 3.8) is 0 Å². The molecule has 1 aromatic rings. The number of nitrogens with two attached hydrogens (primary N) is 1. The van der Waals surface area contributed by atoms with Crippen LogP contribution in [0.4, 0.5) is 0 Å². The highest BCUT2D eigenvalue weighted by molar-refractivity contribution is 5.31. The molecule has 2 atom stereocenters. The van der Waals surface area contributed by atoms with Crippen molar-refractivity contribution in [1.82, 2.24) is 0 Å². The first kappa shape index (κ1) is 12.0. The Morgan fingerprint density at radius 3 is 2.61 bits per heavy atom. The van der Waals surface area contributed by atoms with Crippen molar-refractivity contribution >= 4 is 0 Å². The third-order valence-electron chi connectivity index (χ3n) is 3.97. The summed E-state index contributed by atoms with van der Waals surface area (Å²) in [6.07, 6.45) is 4.96. The van der Waals surface area contributed by atoms with E-state index in [1.54, 1.807) is 0 Å². The standard InChI is InChI=1S/C15H21NO2/c1-15(9-2-10-17-15)14(16)11-3-5-12(6-4-11)18-13-7-8-13/h3-6,13-14H,2,7-10,16H2,1H3. The van der Waals surface area contributed by atoms with E-state index in [9.17, 15) is 0 Å². The van der Waals surface area contributed by atoms with Gasteiger partial charge in [0.15, 0.2) is 0 Å². The summed E-state index contributed by atoms with van der Waals surface area (Å²) in [5.41, 5.74) is 7.25. The van der Waals surface area contributed by atoms with Gasteiger partial charge in [0.05, 0.1) is 17.7 Å². The SMILES string of the molecule is CC1(C(N)c2ccc(OC3CC3)cc2)CCCO1. The Morgan fingerprint density at radius 1 is 1.33 bits per heavy atom. The lowest BCUT2D eigenvalue weighted by atomic mass is 9.88. The second-order valence-electron chi connectivity index (χ2n) is 5.63. The average Bonchev–Trinajstić information content (AvgIpc) is 3.09. The molecular formula is C15H21NO2. The predicted molar refractivity (Wildman–Crippen MR) is 70.6 cm³/mol. The number of ether oxygens (including phenoxy) is 2. The molecule has 0 aromatic heterocycles. The molecule has 98 valence electrons. The summed E-state index contributed by atoms with van der Waals surface area (Å²) in [7, 11) is 0. The fraction of sp³-hybridized carbons (Fsp3) is 0.600. The van der Waals surface area contributed by atoms with Crippen LogP contribution in [-0.4, -0.2) is 18.3 Å². The van der Waals surface area contributed by atoms with Gasteiger partial charge in [-0.05, 0) is 50.3 Å². The van der Waals surface area contributed by atoms with Crippen molar-refractivity contribution in [2.45, 2.75) is 50.4 Å². The molecule has 1 saturated carbocycles. The summed E-state index contributed by atoms with van der Waals surface area (Å²) in [4.78, 5) is 0. The van der Waals surface area contributed by atoms with Gasteiger partial charge >= 0.3 is 0 Å². The molecule has 1 aliphatic heterocycles. The van der Waals surface area contributed by atoms with Gasteiger partial charge in [-0.15, -0.1) is 0 Å². The number of hydrogen-bond donors (Lipinski definition) is 1. The molecule has 3 rings (SSSR count). The molecule has 1 aromatic carbocycles. The van der Waals surface area contributed by atoms with Crippen LogP contribution in [0.5, 0.6) is 5.75 Å². The van der Waals surface area contributed by atoms with Crippen LogP contribution in [0.1, 0.15) is 44.2 Å². The van der Waals surface area contributed by atoms with Gasteiger partial charge in [-0.1, -0.05) is 12.1 Å². The van der Waals surface area contributed by atoms with Gasteiger partial charge in [0.25, 0.3) is 0 Å². The van der Waals surface area contributed by atoms with Crippen molar-refractivity contribution in [3.8, 4) is 5.75 Å². The Hall–Kier alpha value is -1.06. The molecule has 0 radical (unpaired) electrons. The molecule has 1 aliphatic carbocycles. The smallest absolute Gasteiger partial charge is 0.119 e. The summed E-state index contributed by atoms with van der Waals surface area (Å²) in [5.74, 6) is 0.950. The molecule has 18 heavy (non-hydrogen) atoms. The molecule has 2 aliphatic rings. The molecular weight excluding hydrogens is 226 g/mol. The summed E-state index contributed by atoms with van der Waals surface area (Å²) in [6.45, 7) is 2.94. The first-order valence-electron chi connectivity index (χ1n) is 6.83.